The first-order valence-corrected chi connectivity index (χ1v) is 5.30. The van der Waals surface area contributed by atoms with Crippen LogP contribution in [0.1, 0.15) is 11.3 Å². The van der Waals surface area contributed by atoms with Gasteiger partial charge < -0.3 is 10.1 Å². The van der Waals surface area contributed by atoms with Crippen molar-refractivity contribution in [2.45, 2.75) is 13.3 Å². The van der Waals surface area contributed by atoms with Gasteiger partial charge in [-0.2, -0.15) is 0 Å². The van der Waals surface area contributed by atoms with Gasteiger partial charge in [-0.3, -0.25) is 14.6 Å². The monoisotopic (exact) mass is 245 g/mol. The van der Waals surface area contributed by atoms with Gasteiger partial charge in [-0.15, -0.1) is 0 Å². The summed E-state index contributed by atoms with van der Waals surface area (Å²) in [4.78, 5) is 33.1. The molecule has 0 aliphatic carbocycles. The third-order valence-electron chi connectivity index (χ3n) is 2.50. The zero-order valence-corrected chi connectivity index (χ0v) is 9.67. The average Bonchev–Trinajstić information content (AvgIpc) is 2.34. The van der Waals surface area contributed by atoms with Crippen LogP contribution in [0.2, 0.25) is 0 Å². The molecule has 2 rings (SSSR count). The molecular formula is C12H11N3O3. The number of carboxylic acid groups (broad SMARTS) is 1. The van der Waals surface area contributed by atoms with Gasteiger partial charge in [-0.25, -0.2) is 4.98 Å². The van der Waals surface area contributed by atoms with E-state index in [9.17, 15) is 9.59 Å². The highest BCUT2D eigenvalue weighted by Crippen LogP contribution is 2.12. The summed E-state index contributed by atoms with van der Waals surface area (Å²) in [5.41, 5.74) is 0.914. The Morgan fingerprint density at radius 2 is 2.06 bits per heavy atom. The maximum Gasteiger partial charge on any atom is 0.308 e. The Morgan fingerprint density at radius 3 is 2.61 bits per heavy atom. The Morgan fingerprint density at radius 1 is 1.39 bits per heavy atom. The van der Waals surface area contributed by atoms with E-state index < -0.39 is 11.5 Å². The highest BCUT2D eigenvalue weighted by molar-refractivity contribution is 5.70. The van der Waals surface area contributed by atoms with Crippen molar-refractivity contribution in [3.8, 4) is 11.4 Å². The molecule has 0 saturated heterocycles. The Bertz CT molecular complexity index is 635. The molecule has 0 radical (unpaired) electrons. The van der Waals surface area contributed by atoms with Crippen LogP contribution in [0.4, 0.5) is 0 Å². The van der Waals surface area contributed by atoms with E-state index in [1.54, 1.807) is 31.5 Å². The fourth-order valence-electron chi connectivity index (χ4n) is 1.62. The molecule has 0 aliphatic rings. The summed E-state index contributed by atoms with van der Waals surface area (Å²) in [5.74, 6) is -0.643. The van der Waals surface area contributed by atoms with Gasteiger partial charge in [-0.1, -0.05) is 0 Å². The van der Waals surface area contributed by atoms with E-state index in [1.807, 2.05) is 0 Å². The Hall–Kier alpha value is -2.50. The lowest BCUT2D eigenvalue weighted by Crippen LogP contribution is -2.20. The number of aliphatic carboxylic acids is 1. The van der Waals surface area contributed by atoms with Crippen molar-refractivity contribution in [2.75, 3.05) is 0 Å². The van der Waals surface area contributed by atoms with Crippen molar-refractivity contribution in [2.24, 2.45) is 0 Å². The molecule has 0 aliphatic heterocycles. The first-order valence-electron chi connectivity index (χ1n) is 5.30. The molecule has 0 spiro atoms. The molecule has 6 nitrogen and oxygen atoms in total. The van der Waals surface area contributed by atoms with Gasteiger partial charge >= 0.3 is 5.97 Å². The van der Waals surface area contributed by atoms with Crippen LogP contribution in [0.3, 0.4) is 0 Å². The van der Waals surface area contributed by atoms with Gasteiger partial charge in [0.15, 0.2) is 0 Å². The molecule has 18 heavy (non-hydrogen) atoms. The summed E-state index contributed by atoms with van der Waals surface area (Å²) in [6.07, 6.45) is 2.86. The molecule has 2 N–H and O–H groups in total. The minimum Gasteiger partial charge on any atom is -0.481 e. The van der Waals surface area contributed by atoms with Crippen molar-refractivity contribution in [1.82, 2.24) is 15.0 Å². The highest BCUT2D eigenvalue weighted by Gasteiger charge is 2.12. The van der Waals surface area contributed by atoms with Gasteiger partial charge in [0.2, 0.25) is 0 Å². The Kier molecular flexibility index (Phi) is 3.18. The zero-order chi connectivity index (χ0) is 13.1. The number of hydrogen-bond acceptors (Lipinski definition) is 4. The average molecular weight is 245 g/mol. The van der Waals surface area contributed by atoms with E-state index in [0.29, 0.717) is 11.5 Å². The SMILES string of the molecule is Cc1nc(-c2ccncc2)[nH]c(=O)c1CC(=O)O. The number of carbonyl (C=O) groups is 1. The largest absolute Gasteiger partial charge is 0.481 e. The number of aromatic amines is 1. The quantitative estimate of drug-likeness (QED) is 0.832. The van der Waals surface area contributed by atoms with Crippen molar-refractivity contribution in [1.29, 1.82) is 0 Å². The molecule has 92 valence electrons. The summed E-state index contributed by atoms with van der Waals surface area (Å²) in [6, 6.07) is 3.43. The van der Waals surface area contributed by atoms with E-state index in [0.717, 1.165) is 5.56 Å². The summed E-state index contributed by atoms with van der Waals surface area (Å²) < 4.78 is 0. The van der Waals surface area contributed by atoms with Crippen LogP contribution < -0.4 is 5.56 Å². The van der Waals surface area contributed by atoms with Crippen LogP contribution in [0.15, 0.2) is 29.3 Å². The van der Waals surface area contributed by atoms with Crippen molar-refractivity contribution < 1.29 is 9.90 Å². The lowest BCUT2D eigenvalue weighted by atomic mass is 10.1. The number of hydrogen-bond donors (Lipinski definition) is 2. The minimum atomic E-state index is -1.05. The van der Waals surface area contributed by atoms with Crippen LogP contribution in [0, 0.1) is 6.92 Å². The number of nitrogens with zero attached hydrogens (tertiary/aromatic N) is 2. The van der Waals surface area contributed by atoms with E-state index in [4.69, 9.17) is 5.11 Å². The predicted octanol–water partition coefficient (Wildman–Crippen LogP) is 0.767. The number of rotatable bonds is 3. The van der Waals surface area contributed by atoms with Gasteiger partial charge in [-0.05, 0) is 19.1 Å². The standard InChI is InChI=1S/C12H11N3O3/c1-7-9(6-10(16)17)12(18)15-11(14-7)8-2-4-13-5-3-8/h2-5H,6H2,1H3,(H,16,17)(H,14,15,18). The zero-order valence-electron chi connectivity index (χ0n) is 9.67. The number of aromatic nitrogens is 3. The second-order valence-corrected chi connectivity index (χ2v) is 3.78. The molecule has 0 bridgehead atoms. The fraction of sp³-hybridized carbons (Fsp3) is 0.167. The van der Waals surface area contributed by atoms with E-state index in [2.05, 4.69) is 15.0 Å². The first-order chi connectivity index (χ1) is 8.58. The number of H-pyrrole nitrogens is 1. The molecule has 2 aromatic rings. The fourth-order valence-corrected chi connectivity index (χ4v) is 1.62. The summed E-state index contributed by atoms with van der Waals surface area (Å²) in [6.45, 7) is 1.62. The topological polar surface area (TPSA) is 95.9 Å². The van der Waals surface area contributed by atoms with Crippen LogP contribution in [0.5, 0.6) is 0 Å². The third kappa shape index (κ3) is 2.42. The summed E-state index contributed by atoms with van der Waals surface area (Å²) >= 11 is 0. The predicted molar refractivity (Wildman–Crippen MR) is 64.2 cm³/mol. The van der Waals surface area contributed by atoms with Crippen LogP contribution in [-0.4, -0.2) is 26.0 Å². The lowest BCUT2D eigenvalue weighted by Gasteiger charge is -2.05. The maximum atomic E-state index is 11.8. The van der Waals surface area contributed by atoms with E-state index >= 15 is 0 Å². The van der Waals surface area contributed by atoms with Crippen molar-refractivity contribution in [3.63, 3.8) is 0 Å². The molecule has 2 heterocycles. The molecular weight excluding hydrogens is 234 g/mol. The molecule has 0 fully saturated rings. The van der Waals surface area contributed by atoms with E-state index in [-0.39, 0.29) is 12.0 Å². The minimum absolute atomic E-state index is 0.181. The second-order valence-electron chi connectivity index (χ2n) is 3.78. The third-order valence-corrected chi connectivity index (χ3v) is 2.50. The smallest absolute Gasteiger partial charge is 0.308 e. The molecule has 0 atom stereocenters. The van der Waals surface area contributed by atoms with E-state index in [1.165, 1.54) is 0 Å². The van der Waals surface area contributed by atoms with Crippen LogP contribution in [-0.2, 0) is 11.2 Å². The van der Waals surface area contributed by atoms with Gasteiger partial charge in [0, 0.05) is 29.2 Å². The summed E-state index contributed by atoms with van der Waals surface area (Å²) in [7, 11) is 0. The number of pyridine rings is 1. The number of aryl methyl sites for hydroxylation is 1. The second kappa shape index (κ2) is 4.79. The molecule has 0 unspecified atom stereocenters. The highest BCUT2D eigenvalue weighted by atomic mass is 16.4. The Balaban J connectivity index is 2.49. The van der Waals surface area contributed by atoms with Crippen molar-refractivity contribution >= 4 is 5.97 Å². The first kappa shape index (κ1) is 12.0. The normalized spacial score (nSPS) is 10.3. The molecule has 0 amide bonds. The summed E-state index contributed by atoms with van der Waals surface area (Å²) in [5, 5.41) is 8.71. The van der Waals surface area contributed by atoms with Gasteiger partial charge in [0.25, 0.3) is 5.56 Å². The van der Waals surface area contributed by atoms with Gasteiger partial charge in [0.1, 0.15) is 5.82 Å². The number of carboxylic acids is 1. The maximum absolute atomic E-state index is 11.8. The van der Waals surface area contributed by atoms with Gasteiger partial charge in [0.05, 0.1) is 6.42 Å². The molecule has 6 heteroatoms. The Labute approximate surface area is 102 Å². The van der Waals surface area contributed by atoms with Crippen molar-refractivity contribution in [3.05, 3.63) is 46.1 Å². The molecule has 0 aromatic carbocycles. The van der Waals surface area contributed by atoms with Crippen LogP contribution in [0.25, 0.3) is 11.4 Å². The molecule has 0 saturated carbocycles. The number of nitrogens with one attached hydrogen (secondary N) is 1. The molecule has 2 aromatic heterocycles. The lowest BCUT2D eigenvalue weighted by molar-refractivity contribution is -0.136. The van der Waals surface area contributed by atoms with Crippen LogP contribution >= 0.6 is 0 Å².